The van der Waals surface area contributed by atoms with E-state index >= 15 is 0 Å². The molecule has 1 fully saturated rings. The van der Waals surface area contributed by atoms with Gasteiger partial charge in [-0.15, -0.1) is 0 Å². The highest BCUT2D eigenvalue weighted by atomic mass is 16.3. The number of piperidine rings is 1. The van der Waals surface area contributed by atoms with Gasteiger partial charge in [0.15, 0.2) is 0 Å². The van der Waals surface area contributed by atoms with Gasteiger partial charge in [-0.25, -0.2) is 0 Å². The summed E-state index contributed by atoms with van der Waals surface area (Å²) in [6.45, 7) is 5.42. The topological polar surface area (TPSA) is 25.2 Å². The standard InChI is InChI=1S/C11H17NO/c1-8-5-6-12-10(7-8)11-4-3-9(2)13-11/h3-4,8,10,12H,5-7H2,1-2H3/t8-,10+/m1/s1. The fourth-order valence-electron chi connectivity index (χ4n) is 1.96. The lowest BCUT2D eigenvalue weighted by atomic mass is 9.93. The lowest BCUT2D eigenvalue weighted by Gasteiger charge is -2.26. The molecule has 0 bridgehead atoms. The van der Waals surface area contributed by atoms with Gasteiger partial charge in [-0.2, -0.15) is 0 Å². The zero-order valence-corrected chi connectivity index (χ0v) is 8.34. The second-order valence-corrected chi connectivity index (χ2v) is 4.08. The van der Waals surface area contributed by atoms with E-state index in [1.165, 1.54) is 12.8 Å². The molecule has 0 amide bonds. The number of aryl methyl sites for hydroxylation is 1. The van der Waals surface area contributed by atoms with Gasteiger partial charge in [0, 0.05) is 0 Å². The van der Waals surface area contributed by atoms with E-state index in [1.54, 1.807) is 0 Å². The van der Waals surface area contributed by atoms with Gasteiger partial charge in [-0.3, -0.25) is 0 Å². The maximum Gasteiger partial charge on any atom is 0.121 e. The average molecular weight is 179 g/mol. The summed E-state index contributed by atoms with van der Waals surface area (Å²) in [5, 5.41) is 3.49. The van der Waals surface area contributed by atoms with E-state index in [0.29, 0.717) is 6.04 Å². The highest BCUT2D eigenvalue weighted by Gasteiger charge is 2.21. The monoisotopic (exact) mass is 179 g/mol. The van der Waals surface area contributed by atoms with Crippen molar-refractivity contribution < 1.29 is 4.42 Å². The largest absolute Gasteiger partial charge is 0.465 e. The third kappa shape index (κ3) is 1.94. The van der Waals surface area contributed by atoms with Crippen LogP contribution in [-0.2, 0) is 0 Å². The predicted molar refractivity (Wildman–Crippen MR) is 52.6 cm³/mol. The maximum atomic E-state index is 5.61. The molecule has 72 valence electrons. The van der Waals surface area contributed by atoms with Crippen LogP contribution >= 0.6 is 0 Å². The summed E-state index contributed by atoms with van der Waals surface area (Å²) in [6.07, 6.45) is 2.49. The summed E-state index contributed by atoms with van der Waals surface area (Å²) in [4.78, 5) is 0. The molecular formula is C11H17NO. The lowest BCUT2D eigenvalue weighted by molar-refractivity contribution is 0.287. The van der Waals surface area contributed by atoms with Gasteiger partial charge < -0.3 is 9.73 Å². The fourth-order valence-corrected chi connectivity index (χ4v) is 1.96. The van der Waals surface area contributed by atoms with Crippen LogP contribution in [0.15, 0.2) is 16.5 Å². The lowest BCUT2D eigenvalue weighted by Crippen LogP contribution is -2.30. The van der Waals surface area contributed by atoms with E-state index in [-0.39, 0.29) is 0 Å². The Hall–Kier alpha value is -0.760. The second kappa shape index (κ2) is 3.54. The van der Waals surface area contributed by atoms with Gasteiger partial charge in [-0.05, 0) is 44.4 Å². The minimum absolute atomic E-state index is 0.442. The van der Waals surface area contributed by atoms with Crippen LogP contribution in [0.5, 0.6) is 0 Å². The number of hydrogen-bond acceptors (Lipinski definition) is 2. The molecule has 1 aliphatic heterocycles. The number of nitrogens with one attached hydrogen (secondary N) is 1. The molecule has 1 N–H and O–H groups in total. The average Bonchev–Trinajstić information content (AvgIpc) is 2.52. The summed E-state index contributed by atoms with van der Waals surface area (Å²) in [5.74, 6) is 2.93. The van der Waals surface area contributed by atoms with Gasteiger partial charge in [-0.1, -0.05) is 6.92 Å². The fraction of sp³-hybridized carbons (Fsp3) is 0.636. The molecule has 0 saturated carbocycles. The van der Waals surface area contributed by atoms with Crippen LogP contribution in [-0.4, -0.2) is 6.54 Å². The van der Waals surface area contributed by atoms with E-state index in [4.69, 9.17) is 4.42 Å². The molecule has 1 aliphatic rings. The molecule has 2 atom stereocenters. The number of hydrogen-bond donors (Lipinski definition) is 1. The van der Waals surface area contributed by atoms with Crippen molar-refractivity contribution in [1.29, 1.82) is 0 Å². The van der Waals surface area contributed by atoms with Crippen molar-refractivity contribution in [1.82, 2.24) is 5.32 Å². The smallest absolute Gasteiger partial charge is 0.121 e. The molecule has 0 unspecified atom stereocenters. The Labute approximate surface area is 79.3 Å². The third-order valence-electron chi connectivity index (χ3n) is 2.77. The van der Waals surface area contributed by atoms with E-state index in [2.05, 4.69) is 18.3 Å². The van der Waals surface area contributed by atoms with E-state index in [0.717, 1.165) is 24.0 Å². The van der Waals surface area contributed by atoms with Crippen molar-refractivity contribution in [2.75, 3.05) is 6.54 Å². The Bertz CT molecular complexity index is 279. The van der Waals surface area contributed by atoms with Crippen LogP contribution in [0.4, 0.5) is 0 Å². The maximum absolute atomic E-state index is 5.61. The molecule has 2 heterocycles. The molecule has 1 aromatic rings. The highest BCUT2D eigenvalue weighted by Crippen LogP contribution is 2.27. The molecule has 2 nitrogen and oxygen atoms in total. The first-order valence-corrected chi connectivity index (χ1v) is 5.05. The van der Waals surface area contributed by atoms with E-state index in [1.807, 2.05) is 13.0 Å². The van der Waals surface area contributed by atoms with Crippen LogP contribution < -0.4 is 5.32 Å². The first kappa shape index (κ1) is 8.82. The molecular weight excluding hydrogens is 162 g/mol. The Morgan fingerprint density at radius 2 is 2.31 bits per heavy atom. The normalized spacial score (nSPS) is 29.1. The second-order valence-electron chi connectivity index (χ2n) is 4.08. The SMILES string of the molecule is Cc1ccc([C@@H]2C[C@H](C)CCN2)o1. The molecule has 2 heteroatoms. The van der Waals surface area contributed by atoms with Gasteiger partial charge in [0.25, 0.3) is 0 Å². The van der Waals surface area contributed by atoms with Gasteiger partial charge in [0.2, 0.25) is 0 Å². The summed E-state index contributed by atoms with van der Waals surface area (Å²) < 4.78 is 5.61. The van der Waals surface area contributed by atoms with Crippen molar-refractivity contribution in [2.24, 2.45) is 5.92 Å². The molecule has 0 aliphatic carbocycles. The van der Waals surface area contributed by atoms with Crippen molar-refractivity contribution in [3.8, 4) is 0 Å². The van der Waals surface area contributed by atoms with Crippen molar-refractivity contribution in [2.45, 2.75) is 32.7 Å². The summed E-state index contributed by atoms with van der Waals surface area (Å²) >= 11 is 0. The van der Waals surface area contributed by atoms with Crippen LogP contribution in [0.3, 0.4) is 0 Å². The van der Waals surface area contributed by atoms with E-state index in [9.17, 15) is 0 Å². The van der Waals surface area contributed by atoms with Gasteiger partial charge in [0.1, 0.15) is 11.5 Å². The molecule has 1 aromatic heterocycles. The quantitative estimate of drug-likeness (QED) is 0.717. The van der Waals surface area contributed by atoms with Crippen molar-refractivity contribution in [3.63, 3.8) is 0 Å². The Kier molecular flexibility index (Phi) is 2.40. The van der Waals surface area contributed by atoms with Crippen molar-refractivity contribution in [3.05, 3.63) is 23.7 Å². The minimum atomic E-state index is 0.442. The van der Waals surface area contributed by atoms with Crippen LogP contribution in [0.2, 0.25) is 0 Å². The summed E-state index contributed by atoms with van der Waals surface area (Å²) in [5.41, 5.74) is 0. The molecule has 0 aromatic carbocycles. The molecule has 1 saturated heterocycles. The first-order chi connectivity index (χ1) is 6.25. The third-order valence-corrected chi connectivity index (χ3v) is 2.77. The molecule has 13 heavy (non-hydrogen) atoms. The first-order valence-electron chi connectivity index (χ1n) is 5.05. The van der Waals surface area contributed by atoms with Crippen molar-refractivity contribution >= 4 is 0 Å². The van der Waals surface area contributed by atoms with E-state index < -0.39 is 0 Å². The Morgan fingerprint density at radius 1 is 1.46 bits per heavy atom. The Balaban J connectivity index is 2.08. The highest BCUT2D eigenvalue weighted by molar-refractivity contribution is 5.10. The van der Waals surface area contributed by atoms with Gasteiger partial charge in [0.05, 0.1) is 6.04 Å². The summed E-state index contributed by atoms with van der Waals surface area (Å²) in [7, 11) is 0. The van der Waals surface area contributed by atoms with Gasteiger partial charge >= 0.3 is 0 Å². The predicted octanol–water partition coefficient (Wildman–Crippen LogP) is 2.65. The molecule has 2 rings (SSSR count). The molecule has 0 radical (unpaired) electrons. The number of rotatable bonds is 1. The van der Waals surface area contributed by atoms with Crippen LogP contribution in [0, 0.1) is 12.8 Å². The number of furan rings is 1. The molecule has 0 spiro atoms. The zero-order chi connectivity index (χ0) is 9.26. The summed E-state index contributed by atoms with van der Waals surface area (Å²) in [6, 6.07) is 4.57. The Morgan fingerprint density at radius 3 is 2.92 bits per heavy atom. The van der Waals surface area contributed by atoms with Crippen LogP contribution in [0.1, 0.15) is 37.3 Å². The van der Waals surface area contributed by atoms with Crippen LogP contribution in [0.25, 0.3) is 0 Å². The minimum Gasteiger partial charge on any atom is -0.465 e. The zero-order valence-electron chi connectivity index (χ0n) is 8.34.